The van der Waals surface area contributed by atoms with E-state index in [1.54, 1.807) is 31.6 Å². The Bertz CT molecular complexity index is 1530. The minimum Gasteiger partial charge on any atom is -0.495 e. The number of nitrogens with zero attached hydrogens (tertiary/aromatic N) is 5. The number of aryl methyl sites for hydroxylation is 1. The Morgan fingerprint density at radius 2 is 1.84 bits per heavy atom. The summed E-state index contributed by atoms with van der Waals surface area (Å²) in [5, 5.41) is 10.5. The second-order valence-corrected chi connectivity index (χ2v) is 10.7. The van der Waals surface area contributed by atoms with E-state index in [1.165, 1.54) is 24.1 Å². The number of guanidine groups is 1. The molecule has 8 nitrogen and oxygen atoms in total. The SMILES string of the molecule is COc1cc(/C=C2\N=C3N(C)CCC(CO)(c4ccc(F)cc4)N3C2=O)ccc1-n1cnc(C)c1.[B][B]B(B([B])[B])B([B])[B]. The Balaban J connectivity index is 0.000000429. The number of ether oxygens (including phenoxy) is 1. The molecule has 5 rings (SSSR count). The third-order valence-electron chi connectivity index (χ3n) is 7.72. The fourth-order valence-corrected chi connectivity index (χ4v) is 5.21. The van der Waals surface area contributed by atoms with Crippen LogP contribution >= 0.6 is 0 Å². The zero-order valence-corrected chi connectivity index (χ0v) is 25.0. The van der Waals surface area contributed by atoms with Crippen LogP contribution in [-0.4, -0.2) is 129 Å². The monoisotopic (exact) mass is 574 g/mol. The van der Waals surface area contributed by atoms with Crippen LogP contribution in [0.4, 0.5) is 4.39 Å². The topological polar surface area (TPSA) is 83.2 Å². The number of hydrogen-bond acceptors (Lipinski definition) is 6. The van der Waals surface area contributed by atoms with Crippen molar-refractivity contribution in [2.75, 3.05) is 27.3 Å². The van der Waals surface area contributed by atoms with Gasteiger partial charge in [-0.1, -0.05) is 18.2 Å². The number of aliphatic hydroxyl groups excluding tert-OH is 1. The number of rotatable bonds is 8. The van der Waals surface area contributed by atoms with Crippen LogP contribution in [-0.2, 0) is 10.3 Å². The number of carbonyl (C=O) groups is 1. The van der Waals surface area contributed by atoms with Crippen LogP contribution in [0.15, 0.2) is 65.7 Å². The van der Waals surface area contributed by atoms with Crippen LogP contribution < -0.4 is 4.74 Å². The maximum Gasteiger partial charge on any atom is 0.280 e. The number of benzene rings is 2. The first-order valence-corrected chi connectivity index (χ1v) is 13.9. The van der Waals surface area contributed by atoms with E-state index in [4.69, 9.17) is 43.4 Å². The van der Waals surface area contributed by atoms with Crippen LogP contribution in [0.3, 0.4) is 0 Å². The molecular weight excluding hydrogens is 547 g/mol. The lowest BCUT2D eigenvalue weighted by Crippen LogP contribution is -2.61. The zero-order valence-electron chi connectivity index (χ0n) is 25.0. The summed E-state index contributed by atoms with van der Waals surface area (Å²) in [4.78, 5) is 26.0. The fraction of sp³-hybridized carbons (Fsp3) is 0.269. The molecule has 2 aliphatic rings. The summed E-state index contributed by atoms with van der Waals surface area (Å²) in [6.07, 6.45) is 4.35. The number of amides is 1. The minimum absolute atomic E-state index is 0.252. The van der Waals surface area contributed by atoms with Gasteiger partial charge in [-0.15, -0.1) is 0 Å². The molecular formula is C26H26B9FN5O3. The van der Waals surface area contributed by atoms with Crippen molar-refractivity contribution in [3.8, 4) is 11.4 Å². The molecule has 3 heterocycles. The molecule has 2 aliphatic heterocycles. The quantitative estimate of drug-likeness (QED) is 0.295. The van der Waals surface area contributed by atoms with E-state index in [-0.39, 0.29) is 30.4 Å². The highest BCUT2D eigenvalue weighted by Gasteiger charge is 2.51. The summed E-state index contributed by atoms with van der Waals surface area (Å²) in [6.45, 7) is 2.19. The van der Waals surface area contributed by atoms with Crippen molar-refractivity contribution in [1.29, 1.82) is 0 Å². The summed E-state index contributed by atoms with van der Waals surface area (Å²) in [6, 6.07) is 11.5. The largest absolute Gasteiger partial charge is 0.495 e. The van der Waals surface area contributed by atoms with Gasteiger partial charge in [0.05, 0.1) is 31.4 Å². The smallest absolute Gasteiger partial charge is 0.280 e. The van der Waals surface area contributed by atoms with E-state index in [0.717, 1.165) is 16.9 Å². The predicted molar refractivity (Wildman–Crippen MR) is 181 cm³/mol. The first kappa shape index (κ1) is 33.5. The Kier molecular flexibility index (Phi) is 10.8. The van der Waals surface area contributed by atoms with Gasteiger partial charge in [-0.3, -0.25) is 9.69 Å². The molecule has 1 unspecified atom stereocenters. The molecule has 207 valence electrons. The Labute approximate surface area is 266 Å². The first-order valence-electron chi connectivity index (χ1n) is 13.9. The number of hydrogen-bond donors (Lipinski definition) is 1. The average molecular weight is 573 g/mol. The predicted octanol–water partition coefficient (Wildman–Crippen LogP) is -0.336. The number of imidazole rings is 1. The fourth-order valence-electron chi connectivity index (χ4n) is 5.21. The molecule has 1 aromatic heterocycles. The van der Waals surface area contributed by atoms with Gasteiger partial charge in [0.15, 0.2) is 0 Å². The molecule has 1 atom stereocenters. The highest BCUT2D eigenvalue weighted by atomic mass is 19.1. The molecule has 0 saturated carbocycles. The van der Waals surface area contributed by atoms with Crippen LogP contribution in [0, 0.1) is 12.7 Å². The summed E-state index contributed by atoms with van der Waals surface area (Å²) < 4.78 is 21.1. The van der Waals surface area contributed by atoms with E-state index in [9.17, 15) is 14.3 Å². The molecule has 18 heteroatoms. The van der Waals surface area contributed by atoms with Gasteiger partial charge in [0.2, 0.25) is 5.96 Å². The van der Waals surface area contributed by atoms with Crippen LogP contribution in [0.25, 0.3) is 11.8 Å². The third kappa shape index (κ3) is 6.80. The van der Waals surface area contributed by atoms with E-state index < -0.39 is 18.3 Å². The number of carbonyl (C=O) groups excluding carboxylic acids is 1. The van der Waals surface area contributed by atoms with Gasteiger partial charge in [-0.05, 0) is 54.8 Å². The van der Waals surface area contributed by atoms with E-state index in [0.29, 0.717) is 30.2 Å². The number of fused-ring (bicyclic) bond motifs is 1. The van der Waals surface area contributed by atoms with Gasteiger partial charge in [0.25, 0.3) is 5.91 Å². The summed E-state index contributed by atoms with van der Waals surface area (Å²) in [5.74, 6) is 0.391. The van der Waals surface area contributed by atoms with Crippen LogP contribution in [0.5, 0.6) is 5.75 Å². The van der Waals surface area contributed by atoms with Crippen molar-refractivity contribution < 1.29 is 19.0 Å². The highest BCUT2D eigenvalue weighted by molar-refractivity contribution is 7.93. The third-order valence-corrected chi connectivity index (χ3v) is 7.72. The van der Waals surface area contributed by atoms with E-state index >= 15 is 0 Å². The normalized spacial score (nSPS) is 18.2. The van der Waals surface area contributed by atoms with Gasteiger partial charge in [-0.25, -0.2) is 14.4 Å². The van der Waals surface area contributed by atoms with Crippen molar-refractivity contribution in [1.82, 2.24) is 19.4 Å². The molecule has 0 aliphatic carbocycles. The van der Waals surface area contributed by atoms with Crippen molar-refractivity contribution in [3.05, 3.63) is 83.3 Å². The second kappa shape index (κ2) is 14.1. The number of methoxy groups -OCH3 is 1. The lowest BCUT2D eigenvalue weighted by Gasteiger charge is -2.47. The van der Waals surface area contributed by atoms with E-state index in [1.807, 2.05) is 47.8 Å². The molecule has 1 amide bonds. The molecule has 0 spiro atoms. The standard InChI is InChI=1S/C26H26FN5O3.B9/c1-17-14-31(16-28-17)22-9-4-18(13-23(22)35-3)12-21-24(34)32-25(29-21)30(2)11-10-26(32,15-33)19-5-7-20(27)8-6-19;1-6-9(7(2)3)8(4)5/h4-9,12-14,16,33H,10-11,15H2,1-3H3;/b21-12-;. The van der Waals surface area contributed by atoms with Crippen molar-refractivity contribution >= 4 is 82.8 Å². The maximum absolute atomic E-state index is 13.6. The Morgan fingerprint density at radius 3 is 2.36 bits per heavy atom. The summed E-state index contributed by atoms with van der Waals surface area (Å²) in [7, 11) is 30.9. The maximum atomic E-state index is 13.6. The molecule has 3 aromatic rings. The van der Waals surface area contributed by atoms with Gasteiger partial charge in [0, 0.05) is 84.7 Å². The first-order chi connectivity index (χ1) is 20.9. The van der Waals surface area contributed by atoms with Crippen molar-refractivity contribution in [2.24, 2.45) is 4.99 Å². The molecule has 2 aromatic carbocycles. The molecule has 0 bridgehead atoms. The van der Waals surface area contributed by atoms with Crippen molar-refractivity contribution in [2.45, 2.75) is 18.9 Å². The molecule has 1 saturated heterocycles. The minimum atomic E-state index is -1.02. The lowest BCUT2D eigenvalue weighted by molar-refractivity contribution is -0.130. The number of aromatic nitrogens is 2. The lowest BCUT2D eigenvalue weighted by atomic mass is 8.64. The van der Waals surface area contributed by atoms with Crippen LogP contribution in [0.2, 0.25) is 0 Å². The van der Waals surface area contributed by atoms with Gasteiger partial charge in [-0.2, -0.15) is 0 Å². The van der Waals surface area contributed by atoms with E-state index in [2.05, 4.69) is 9.98 Å². The Hall–Kier alpha value is -3.40. The second-order valence-electron chi connectivity index (χ2n) is 10.7. The van der Waals surface area contributed by atoms with Gasteiger partial charge in [0.1, 0.15) is 22.8 Å². The Morgan fingerprint density at radius 1 is 1.16 bits per heavy atom. The molecule has 1 fully saturated rings. The molecule has 44 heavy (non-hydrogen) atoms. The zero-order chi connectivity index (χ0) is 32.2. The van der Waals surface area contributed by atoms with Crippen LogP contribution in [0.1, 0.15) is 23.2 Å². The van der Waals surface area contributed by atoms with Gasteiger partial charge >= 0.3 is 0 Å². The molecule has 11 radical (unpaired) electrons. The number of halogens is 1. The number of aliphatic imine (C=N–C) groups is 1. The molecule has 1 N–H and O–H groups in total. The summed E-state index contributed by atoms with van der Waals surface area (Å²) >= 11 is 0. The number of aliphatic hydroxyl groups is 1. The average Bonchev–Trinajstić information content (AvgIpc) is 3.58. The highest BCUT2D eigenvalue weighted by Crippen LogP contribution is 2.40. The van der Waals surface area contributed by atoms with Gasteiger partial charge < -0.3 is 19.3 Å². The summed E-state index contributed by atoms with van der Waals surface area (Å²) in [5.41, 5.74) is 2.36. The van der Waals surface area contributed by atoms with Crippen molar-refractivity contribution in [3.63, 3.8) is 0 Å².